The average Bonchev–Trinajstić information content (AvgIpc) is 2.88. The SMILES string of the molecule is CC1CN(C(=O)OC(C)(C)C)CCC1c1cn(C)c2ncc(N)c(C(F)(F)F)c12. The summed E-state index contributed by atoms with van der Waals surface area (Å²) in [6, 6.07) is 0. The number of rotatable bonds is 1. The summed E-state index contributed by atoms with van der Waals surface area (Å²) < 4.78 is 48.3. The number of ether oxygens (including phenoxy) is 1. The first-order valence-corrected chi connectivity index (χ1v) is 9.58. The number of nitrogen functional groups attached to an aromatic ring is 1. The second-order valence-corrected chi connectivity index (χ2v) is 8.78. The summed E-state index contributed by atoms with van der Waals surface area (Å²) in [7, 11) is 1.68. The first-order chi connectivity index (χ1) is 13.3. The average molecular weight is 412 g/mol. The van der Waals surface area contributed by atoms with Gasteiger partial charge >= 0.3 is 12.3 Å². The molecule has 1 amide bonds. The largest absolute Gasteiger partial charge is 0.444 e. The van der Waals surface area contributed by atoms with E-state index in [4.69, 9.17) is 10.5 Å². The summed E-state index contributed by atoms with van der Waals surface area (Å²) in [6.07, 6.45) is -1.68. The van der Waals surface area contributed by atoms with Gasteiger partial charge in [-0.15, -0.1) is 0 Å². The summed E-state index contributed by atoms with van der Waals surface area (Å²) in [5, 5.41) is 0.0579. The van der Waals surface area contributed by atoms with Gasteiger partial charge in [-0.1, -0.05) is 6.92 Å². The van der Waals surface area contributed by atoms with Gasteiger partial charge in [0.1, 0.15) is 11.2 Å². The van der Waals surface area contributed by atoms with Crippen molar-refractivity contribution in [2.45, 2.75) is 51.8 Å². The Labute approximate surface area is 167 Å². The number of anilines is 1. The zero-order chi connectivity index (χ0) is 21.7. The number of hydrogen-bond donors (Lipinski definition) is 1. The lowest BCUT2D eigenvalue weighted by atomic mass is 9.81. The molecule has 3 rings (SSSR count). The summed E-state index contributed by atoms with van der Waals surface area (Å²) in [5.41, 5.74) is 4.69. The van der Waals surface area contributed by atoms with E-state index < -0.39 is 23.4 Å². The Morgan fingerprint density at radius 3 is 2.52 bits per heavy atom. The Morgan fingerprint density at radius 1 is 1.31 bits per heavy atom. The molecule has 6 nitrogen and oxygen atoms in total. The van der Waals surface area contributed by atoms with E-state index >= 15 is 0 Å². The minimum atomic E-state index is -4.58. The number of fused-ring (bicyclic) bond motifs is 1. The number of halogens is 3. The second kappa shape index (κ2) is 7.11. The molecule has 3 heterocycles. The molecule has 9 heteroatoms. The Bertz CT molecular complexity index is 930. The lowest BCUT2D eigenvalue weighted by Gasteiger charge is -2.37. The second-order valence-electron chi connectivity index (χ2n) is 8.78. The number of aromatic nitrogens is 2. The molecular formula is C20H27F3N4O2. The van der Waals surface area contributed by atoms with Crippen molar-refractivity contribution in [3.63, 3.8) is 0 Å². The third-order valence-corrected chi connectivity index (χ3v) is 5.28. The van der Waals surface area contributed by atoms with Gasteiger partial charge in [-0.25, -0.2) is 9.78 Å². The van der Waals surface area contributed by atoms with Crippen LogP contribution in [0.15, 0.2) is 12.4 Å². The molecule has 0 spiro atoms. The third-order valence-electron chi connectivity index (χ3n) is 5.28. The van der Waals surface area contributed by atoms with Crippen LogP contribution in [0.1, 0.15) is 51.2 Å². The van der Waals surface area contributed by atoms with E-state index in [0.717, 1.165) is 6.20 Å². The summed E-state index contributed by atoms with van der Waals surface area (Å²) in [5.74, 6) is -0.202. The standard InChI is InChI=1S/C20H27F3N4O2/c1-11-9-27(18(28)29-19(2,3)4)7-6-12(11)13-10-26(5)17-15(13)16(20(21,22)23)14(24)8-25-17/h8,10-12H,6-7,9,24H2,1-5H3. The lowest BCUT2D eigenvalue weighted by molar-refractivity contribution is -0.135. The fourth-order valence-corrected chi connectivity index (χ4v) is 4.08. The van der Waals surface area contributed by atoms with Crippen molar-refractivity contribution in [2.75, 3.05) is 18.8 Å². The van der Waals surface area contributed by atoms with Crippen molar-refractivity contribution < 1.29 is 22.7 Å². The van der Waals surface area contributed by atoms with Gasteiger partial charge in [-0.05, 0) is 44.6 Å². The molecule has 2 unspecified atom stereocenters. The highest BCUT2D eigenvalue weighted by Crippen LogP contribution is 2.44. The van der Waals surface area contributed by atoms with E-state index in [1.165, 1.54) is 0 Å². The molecular weight excluding hydrogens is 385 g/mol. The number of pyridine rings is 1. The molecule has 29 heavy (non-hydrogen) atoms. The van der Waals surface area contributed by atoms with Crippen LogP contribution in [0.4, 0.5) is 23.7 Å². The minimum absolute atomic E-state index is 0.0515. The van der Waals surface area contributed by atoms with Crippen LogP contribution in [0, 0.1) is 5.92 Å². The van der Waals surface area contributed by atoms with E-state index in [-0.39, 0.29) is 28.6 Å². The summed E-state index contributed by atoms with van der Waals surface area (Å²) in [6.45, 7) is 8.16. The van der Waals surface area contributed by atoms with E-state index in [9.17, 15) is 18.0 Å². The first-order valence-electron chi connectivity index (χ1n) is 9.58. The van der Waals surface area contributed by atoms with Crippen LogP contribution in [0.2, 0.25) is 0 Å². The third kappa shape index (κ3) is 4.13. The van der Waals surface area contributed by atoms with Gasteiger partial charge in [0, 0.05) is 31.7 Å². The minimum Gasteiger partial charge on any atom is -0.444 e. The van der Waals surface area contributed by atoms with Crippen molar-refractivity contribution >= 4 is 22.8 Å². The topological polar surface area (TPSA) is 73.4 Å². The highest BCUT2D eigenvalue weighted by molar-refractivity contribution is 5.89. The molecule has 1 saturated heterocycles. The lowest BCUT2D eigenvalue weighted by Crippen LogP contribution is -2.44. The maximum absolute atomic E-state index is 13.8. The fraction of sp³-hybridized carbons (Fsp3) is 0.600. The number of nitrogens with two attached hydrogens (primary N) is 1. The monoisotopic (exact) mass is 412 g/mol. The Hall–Kier alpha value is -2.45. The number of aryl methyl sites for hydroxylation is 1. The first kappa shape index (κ1) is 21.3. The van der Waals surface area contributed by atoms with E-state index in [2.05, 4.69) is 4.98 Å². The molecule has 2 aromatic heterocycles. The van der Waals surface area contributed by atoms with Crippen molar-refractivity contribution in [1.82, 2.24) is 14.5 Å². The molecule has 0 radical (unpaired) electrons. The molecule has 2 N–H and O–H groups in total. The van der Waals surface area contributed by atoms with Crippen LogP contribution in [0.5, 0.6) is 0 Å². The van der Waals surface area contributed by atoms with Crippen LogP contribution in [-0.2, 0) is 18.0 Å². The zero-order valence-electron chi connectivity index (χ0n) is 17.3. The van der Waals surface area contributed by atoms with E-state index in [1.54, 1.807) is 43.5 Å². The summed E-state index contributed by atoms with van der Waals surface area (Å²) >= 11 is 0. The highest BCUT2D eigenvalue weighted by Gasteiger charge is 2.40. The van der Waals surface area contributed by atoms with Gasteiger partial charge < -0.3 is 19.9 Å². The molecule has 1 aliphatic rings. The number of hydrogen-bond acceptors (Lipinski definition) is 4. The van der Waals surface area contributed by atoms with Gasteiger partial charge in [0.25, 0.3) is 0 Å². The van der Waals surface area contributed by atoms with Crippen LogP contribution in [0.3, 0.4) is 0 Å². The normalized spacial score (nSPS) is 20.9. The van der Waals surface area contributed by atoms with Gasteiger partial charge in [0.05, 0.1) is 17.4 Å². The fourth-order valence-electron chi connectivity index (χ4n) is 4.08. The van der Waals surface area contributed by atoms with Crippen molar-refractivity contribution in [2.24, 2.45) is 13.0 Å². The van der Waals surface area contributed by atoms with Gasteiger partial charge in [-0.3, -0.25) is 0 Å². The van der Waals surface area contributed by atoms with Gasteiger partial charge in [0.15, 0.2) is 0 Å². The number of carbonyl (C=O) groups excluding carboxylic acids is 1. The van der Waals surface area contributed by atoms with Crippen LogP contribution in [0.25, 0.3) is 11.0 Å². The number of likely N-dealkylation sites (tertiary alicyclic amines) is 1. The highest BCUT2D eigenvalue weighted by atomic mass is 19.4. The van der Waals surface area contributed by atoms with Crippen LogP contribution in [-0.4, -0.2) is 39.2 Å². The molecule has 1 fully saturated rings. The zero-order valence-corrected chi connectivity index (χ0v) is 17.3. The maximum atomic E-state index is 13.8. The Balaban J connectivity index is 1.96. The number of carbonyl (C=O) groups is 1. The molecule has 0 aromatic carbocycles. The predicted molar refractivity (Wildman–Crippen MR) is 104 cm³/mol. The van der Waals surface area contributed by atoms with Crippen LogP contribution >= 0.6 is 0 Å². The number of piperidine rings is 1. The van der Waals surface area contributed by atoms with E-state index in [1.807, 2.05) is 6.92 Å². The molecule has 2 aromatic rings. The number of alkyl halides is 3. The Kier molecular flexibility index (Phi) is 5.21. The smallest absolute Gasteiger partial charge is 0.419 e. The van der Waals surface area contributed by atoms with Gasteiger partial charge in [0.2, 0.25) is 0 Å². The summed E-state index contributed by atoms with van der Waals surface area (Å²) in [4.78, 5) is 18.1. The molecule has 0 bridgehead atoms. The number of nitrogens with zero attached hydrogens (tertiary/aromatic N) is 3. The Morgan fingerprint density at radius 2 is 1.97 bits per heavy atom. The van der Waals surface area contributed by atoms with Gasteiger partial charge in [-0.2, -0.15) is 13.2 Å². The number of amides is 1. The predicted octanol–water partition coefficient (Wildman–Crippen LogP) is 4.53. The van der Waals surface area contributed by atoms with Crippen molar-refractivity contribution in [3.05, 3.63) is 23.5 Å². The molecule has 160 valence electrons. The van der Waals surface area contributed by atoms with E-state index in [0.29, 0.717) is 25.1 Å². The quantitative estimate of drug-likeness (QED) is 0.747. The molecule has 0 aliphatic carbocycles. The molecule has 1 aliphatic heterocycles. The van der Waals surface area contributed by atoms with Crippen molar-refractivity contribution in [3.8, 4) is 0 Å². The maximum Gasteiger partial charge on any atom is 0.419 e. The van der Waals surface area contributed by atoms with Crippen molar-refractivity contribution in [1.29, 1.82) is 0 Å². The molecule has 0 saturated carbocycles. The van der Waals surface area contributed by atoms with Crippen LogP contribution < -0.4 is 5.73 Å². The molecule has 2 atom stereocenters.